The van der Waals surface area contributed by atoms with E-state index in [0.29, 0.717) is 34.3 Å². The molecule has 0 radical (unpaired) electrons. The fourth-order valence-electron chi connectivity index (χ4n) is 3.96. The number of likely N-dealkylation sites (tertiary alicyclic amines) is 2. The molecule has 4 heterocycles. The van der Waals surface area contributed by atoms with Gasteiger partial charge in [-0.05, 0) is 38.2 Å². The van der Waals surface area contributed by atoms with Gasteiger partial charge in [-0.2, -0.15) is 5.26 Å². The number of fused-ring (bicyclic) bond motifs is 1. The highest BCUT2D eigenvalue weighted by Crippen LogP contribution is 2.26. The molecule has 2 aromatic heterocycles. The standard InChI is InChI=1S/C21H26N8O3S/c1-32-16-8-7-14-18(26-16)33-21(25-14)27-20(23-13-22)24-15-6-2-3-11-29(19(15)31)12-17(30)28-9-4-5-10-28/h7-8,15H,2-6,9-12H2,1H3,(H2,23,24,25,27)/t15-/m0/s1. The number of amides is 2. The largest absolute Gasteiger partial charge is 0.481 e. The molecule has 11 nitrogen and oxygen atoms in total. The molecule has 33 heavy (non-hydrogen) atoms. The SMILES string of the molecule is COc1ccc2nc(NC(=N[C@H]3CCCCN(CC(=O)N4CCCC4)C3=O)NC#N)sc2n1. The lowest BCUT2D eigenvalue weighted by atomic mass is 10.1. The van der Waals surface area contributed by atoms with Crippen LogP contribution in [-0.4, -0.2) is 76.9 Å². The third-order valence-electron chi connectivity index (χ3n) is 5.66. The third-order valence-corrected chi connectivity index (χ3v) is 6.54. The Morgan fingerprint density at radius 3 is 2.82 bits per heavy atom. The molecule has 4 rings (SSSR count). The lowest BCUT2D eigenvalue weighted by molar-refractivity contribution is -0.140. The number of nitriles is 1. The lowest BCUT2D eigenvalue weighted by Crippen LogP contribution is -2.45. The summed E-state index contributed by atoms with van der Waals surface area (Å²) in [5.74, 6) is 0.398. The summed E-state index contributed by atoms with van der Waals surface area (Å²) >= 11 is 1.28. The van der Waals surface area contributed by atoms with Crippen molar-refractivity contribution in [2.45, 2.75) is 38.1 Å². The van der Waals surface area contributed by atoms with E-state index < -0.39 is 6.04 Å². The van der Waals surface area contributed by atoms with Gasteiger partial charge in [0.05, 0.1) is 13.7 Å². The van der Waals surface area contributed by atoms with Crippen molar-refractivity contribution in [2.75, 3.05) is 38.6 Å². The summed E-state index contributed by atoms with van der Waals surface area (Å²) in [6.45, 7) is 2.12. The molecule has 0 aliphatic carbocycles. The van der Waals surface area contributed by atoms with Crippen LogP contribution in [0.15, 0.2) is 17.1 Å². The van der Waals surface area contributed by atoms with Crippen LogP contribution in [0.2, 0.25) is 0 Å². The van der Waals surface area contributed by atoms with Gasteiger partial charge in [0.15, 0.2) is 11.3 Å². The first kappa shape index (κ1) is 22.7. The predicted molar refractivity (Wildman–Crippen MR) is 124 cm³/mol. The topological polar surface area (TPSA) is 136 Å². The molecule has 2 aliphatic rings. The molecule has 2 aromatic rings. The van der Waals surface area contributed by atoms with Gasteiger partial charge >= 0.3 is 0 Å². The van der Waals surface area contributed by atoms with E-state index in [1.165, 1.54) is 11.3 Å². The van der Waals surface area contributed by atoms with Gasteiger partial charge in [0, 0.05) is 25.7 Å². The molecule has 2 aliphatic heterocycles. The molecule has 0 spiro atoms. The van der Waals surface area contributed by atoms with E-state index in [1.807, 2.05) is 11.1 Å². The van der Waals surface area contributed by atoms with Crippen molar-refractivity contribution in [1.82, 2.24) is 25.1 Å². The van der Waals surface area contributed by atoms with Crippen LogP contribution < -0.4 is 15.4 Å². The Kier molecular flexibility index (Phi) is 7.19. The van der Waals surface area contributed by atoms with Gasteiger partial charge in [0.1, 0.15) is 16.4 Å². The average Bonchev–Trinajstić information content (AvgIpc) is 3.45. The van der Waals surface area contributed by atoms with Crippen LogP contribution >= 0.6 is 11.3 Å². The molecule has 2 amide bonds. The number of methoxy groups -OCH3 is 1. The van der Waals surface area contributed by atoms with Crippen LogP contribution in [0.25, 0.3) is 10.3 Å². The maximum atomic E-state index is 13.2. The first-order chi connectivity index (χ1) is 16.1. The molecule has 1 atom stereocenters. The number of hydrogen-bond acceptors (Lipinski definition) is 8. The van der Waals surface area contributed by atoms with Gasteiger partial charge in [-0.1, -0.05) is 11.3 Å². The quantitative estimate of drug-likeness (QED) is 0.291. The summed E-state index contributed by atoms with van der Waals surface area (Å²) in [4.78, 5) is 43.1. The average molecular weight is 471 g/mol. The Balaban J connectivity index is 1.49. The Morgan fingerprint density at radius 2 is 2.06 bits per heavy atom. The molecular weight excluding hydrogens is 444 g/mol. The van der Waals surface area contributed by atoms with Gasteiger partial charge in [-0.3, -0.25) is 14.9 Å². The summed E-state index contributed by atoms with van der Waals surface area (Å²) < 4.78 is 5.14. The van der Waals surface area contributed by atoms with Crippen LogP contribution in [0.3, 0.4) is 0 Å². The number of aliphatic imine (C=N–C) groups is 1. The maximum Gasteiger partial charge on any atom is 0.247 e. The number of guanidine groups is 1. The van der Waals surface area contributed by atoms with Crippen LogP contribution in [0, 0.1) is 11.5 Å². The molecule has 2 saturated heterocycles. The van der Waals surface area contributed by atoms with Crippen molar-refractivity contribution in [3.8, 4) is 12.1 Å². The van der Waals surface area contributed by atoms with Crippen LogP contribution in [0.4, 0.5) is 5.13 Å². The molecule has 2 N–H and O–H groups in total. The van der Waals surface area contributed by atoms with Crippen molar-refractivity contribution >= 4 is 44.6 Å². The molecule has 174 valence electrons. The van der Waals surface area contributed by atoms with E-state index in [1.54, 1.807) is 24.1 Å². The van der Waals surface area contributed by atoms with Crippen molar-refractivity contribution in [1.29, 1.82) is 5.26 Å². The van der Waals surface area contributed by atoms with E-state index in [0.717, 1.165) is 38.8 Å². The highest BCUT2D eigenvalue weighted by atomic mass is 32.1. The van der Waals surface area contributed by atoms with E-state index in [4.69, 9.17) is 4.74 Å². The van der Waals surface area contributed by atoms with Crippen molar-refractivity contribution in [2.24, 2.45) is 4.99 Å². The monoisotopic (exact) mass is 470 g/mol. The van der Waals surface area contributed by atoms with Gasteiger partial charge < -0.3 is 19.9 Å². The zero-order chi connectivity index (χ0) is 23.2. The number of nitrogens with one attached hydrogen (secondary N) is 2. The van der Waals surface area contributed by atoms with Crippen molar-refractivity contribution in [3.05, 3.63) is 12.1 Å². The number of anilines is 1. The minimum atomic E-state index is -0.685. The number of hydrogen-bond donors (Lipinski definition) is 2. The number of rotatable bonds is 5. The predicted octanol–water partition coefficient (Wildman–Crippen LogP) is 1.54. The van der Waals surface area contributed by atoms with Crippen molar-refractivity contribution in [3.63, 3.8) is 0 Å². The summed E-state index contributed by atoms with van der Waals surface area (Å²) in [5.41, 5.74) is 0.678. The normalized spacial score (nSPS) is 19.3. The Labute approximate surface area is 195 Å². The molecule has 0 bridgehead atoms. The highest BCUT2D eigenvalue weighted by molar-refractivity contribution is 7.21. The maximum absolute atomic E-state index is 13.2. The Hall–Kier alpha value is -3.46. The van der Waals surface area contributed by atoms with Crippen LogP contribution in [0.1, 0.15) is 32.1 Å². The lowest BCUT2D eigenvalue weighted by Gasteiger charge is -2.25. The smallest absolute Gasteiger partial charge is 0.247 e. The van der Waals surface area contributed by atoms with E-state index in [-0.39, 0.29) is 24.3 Å². The minimum absolute atomic E-state index is 0.0172. The zero-order valence-electron chi connectivity index (χ0n) is 18.4. The minimum Gasteiger partial charge on any atom is -0.481 e. The number of thiazole rings is 1. The van der Waals surface area contributed by atoms with Gasteiger partial charge in [-0.25, -0.2) is 15.0 Å². The highest BCUT2D eigenvalue weighted by Gasteiger charge is 2.30. The number of pyridine rings is 1. The number of carbonyl (C=O) groups excluding carboxylic acids is 2. The van der Waals surface area contributed by atoms with E-state index >= 15 is 0 Å². The molecule has 0 aromatic carbocycles. The Bertz CT molecular complexity index is 1090. The Morgan fingerprint density at radius 1 is 1.27 bits per heavy atom. The summed E-state index contributed by atoms with van der Waals surface area (Å²) in [5, 5.41) is 15.2. The third kappa shape index (κ3) is 5.48. The summed E-state index contributed by atoms with van der Waals surface area (Å²) in [6, 6.07) is 2.83. The van der Waals surface area contributed by atoms with E-state index in [2.05, 4.69) is 25.6 Å². The molecule has 12 heteroatoms. The fraction of sp³-hybridized carbons (Fsp3) is 0.524. The van der Waals surface area contributed by atoms with Crippen molar-refractivity contribution < 1.29 is 14.3 Å². The van der Waals surface area contributed by atoms with Crippen LogP contribution in [0.5, 0.6) is 5.88 Å². The van der Waals surface area contributed by atoms with Gasteiger partial charge in [-0.15, -0.1) is 0 Å². The number of ether oxygens (including phenoxy) is 1. The van der Waals surface area contributed by atoms with E-state index in [9.17, 15) is 14.9 Å². The summed E-state index contributed by atoms with van der Waals surface area (Å²) in [6.07, 6.45) is 6.03. The van der Waals surface area contributed by atoms with Gasteiger partial charge in [0.25, 0.3) is 0 Å². The molecule has 2 fully saturated rings. The molecule has 0 unspecified atom stereocenters. The summed E-state index contributed by atoms with van der Waals surface area (Å²) in [7, 11) is 1.54. The fourth-order valence-corrected chi connectivity index (χ4v) is 4.79. The second-order valence-electron chi connectivity index (χ2n) is 7.90. The first-order valence-corrected chi connectivity index (χ1v) is 11.8. The number of nitrogens with zero attached hydrogens (tertiary/aromatic N) is 6. The number of aromatic nitrogens is 2. The molecule has 0 saturated carbocycles. The molecular formula is C21H26N8O3S. The second kappa shape index (κ2) is 10.4. The van der Waals surface area contributed by atoms with Gasteiger partial charge in [0.2, 0.25) is 23.7 Å². The number of carbonyl (C=O) groups is 2. The second-order valence-corrected chi connectivity index (χ2v) is 8.87. The first-order valence-electron chi connectivity index (χ1n) is 11.0. The zero-order valence-corrected chi connectivity index (χ0v) is 19.2. The van der Waals surface area contributed by atoms with Crippen LogP contribution in [-0.2, 0) is 9.59 Å².